The number of aliphatic hydroxyl groups is 1. The molecule has 1 aliphatic rings. The van der Waals surface area contributed by atoms with Crippen molar-refractivity contribution < 1.29 is 19.8 Å². The zero-order chi connectivity index (χ0) is 22.5. The van der Waals surface area contributed by atoms with E-state index in [2.05, 4.69) is 28.7 Å². The van der Waals surface area contributed by atoms with Crippen LogP contribution in [0.15, 0.2) is 48.8 Å². The highest BCUT2D eigenvalue weighted by Gasteiger charge is 2.22. The molecule has 7 heteroatoms. The van der Waals surface area contributed by atoms with E-state index < -0.39 is 5.91 Å². The number of benzene rings is 1. The molecular formula is C25H21N3O4. The van der Waals surface area contributed by atoms with Gasteiger partial charge in [-0.1, -0.05) is 24.0 Å². The van der Waals surface area contributed by atoms with E-state index in [0.717, 1.165) is 30.4 Å². The van der Waals surface area contributed by atoms with E-state index in [0.29, 0.717) is 33.2 Å². The number of nitrogens with one attached hydrogen (secondary N) is 1. The molecule has 7 nitrogen and oxygen atoms in total. The molecular weight excluding hydrogens is 406 g/mol. The summed E-state index contributed by atoms with van der Waals surface area (Å²) in [6, 6.07) is 10.4. The Bertz CT molecular complexity index is 1280. The van der Waals surface area contributed by atoms with Gasteiger partial charge in [0, 0.05) is 29.7 Å². The summed E-state index contributed by atoms with van der Waals surface area (Å²) in [6.45, 7) is 0.229. The van der Waals surface area contributed by atoms with Crippen LogP contribution in [0, 0.1) is 40.7 Å². The third kappa shape index (κ3) is 4.70. The first-order valence-electron chi connectivity index (χ1n) is 10.3. The summed E-state index contributed by atoms with van der Waals surface area (Å²) < 4.78 is 0.575. The van der Waals surface area contributed by atoms with Crippen LogP contribution in [-0.2, 0) is 0 Å². The molecule has 0 saturated heterocycles. The third-order valence-corrected chi connectivity index (χ3v) is 5.60. The fraction of sp³-hybridized carbons (Fsp3) is 0.240. The molecule has 4 rings (SSSR count). The van der Waals surface area contributed by atoms with Gasteiger partial charge in [-0.15, -0.1) is 0 Å². The highest BCUT2D eigenvalue weighted by molar-refractivity contribution is 6.06. The van der Waals surface area contributed by atoms with Crippen molar-refractivity contribution in [2.24, 2.45) is 11.8 Å². The molecule has 1 saturated carbocycles. The predicted octanol–water partition coefficient (Wildman–Crippen LogP) is 2.42. The first-order chi connectivity index (χ1) is 15.6. The number of rotatable bonds is 3. The first kappa shape index (κ1) is 21.3. The van der Waals surface area contributed by atoms with Crippen LogP contribution >= 0.6 is 0 Å². The van der Waals surface area contributed by atoms with Crippen LogP contribution in [-0.4, -0.2) is 27.8 Å². The van der Waals surface area contributed by atoms with Crippen LogP contribution in [0.1, 0.15) is 35.2 Å². The van der Waals surface area contributed by atoms with Crippen molar-refractivity contribution in [1.29, 1.82) is 0 Å². The van der Waals surface area contributed by atoms with Crippen LogP contribution in [0.4, 0.5) is 0 Å². The molecule has 3 aromatic rings. The van der Waals surface area contributed by atoms with E-state index in [1.807, 2.05) is 24.3 Å². The lowest BCUT2D eigenvalue weighted by atomic mass is 10.0. The maximum absolute atomic E-state index is 12.1. The first-order valence-corrected chi connectivity index (χ1v) is 10.3. The van der Waals surface area contributed by atoms with Crippen molar-refractivity contribution in [2.45, 2.75) is 19.3 Å². The second kappa shape index (κ2) is 9.49. The number of nitrogens with zero attached hydrogens (tertiary/aromatic N) is 2. The van der Waals surface area contributed by atoms with Crippen molar-refractivity contribution in [1.82, 2.24) is 10.5 Å². The average Bonchev–Trinajstić information content (AvgIpc) is 3.29. The third-order valence-electron chi connectivity index (χ3n) is 5.60. The molecule has 2 atom stereocenters. The van der Waals surface area contributed by atoms with Crippen LogP contribution in [0.25, 0.3) is 22.2 Å². The molecule has 2 heterocycles. The number of amides is 1. The van der Waals surface area contributed by atoms with E-state index in [-0.39, 0.29) is 12.2 Å². The molecule has 2 unspecified atom stereocenters. The number of fused-ring (bicyclic) bond motifs is 1. The van der Waals surface area contributed by atoms with Gasteiger partial charge in [-0.25, -0.2) is 10.5 Å². The van der Waals surface area contributed by atoms with Gasteiger partial charge in [0.2, 0.25) is 0 Å². The summed E-state index contributed by atoms with van der Waals surface area (Å²) in [5.41, 5.74) is 4.30. The van der Waals surface area contributed by atoms with E-state index >= 15 is 0 Å². The van der Waals surface area contributed by atoms with Gasteiger partial charge in [0.25, 0.3) is 5.91 Å². The summed E-state index contributed by atoms with van der Waals surface area (Å²) in [7, 11) is 0. The predicted molar refractivity (Wildman–Crippen MR) is 118 cm³/mol. The lowest BCUT2D eigenvalue weighted by Crippen LogP contribution is -2.25. The van der Waals surface area contributed by atoms with E-state index in [1.54, 1.807) is 5.48 Å². The topological polar surface area (TPSA) is 109 Å². The molecule has 3 N–H and O–H groups in total. The molecule has 160 valence electrons. The molecule has 1 amide bonds. The Balaban J connectivity index is 1.56. The van der Waals surface area contributed by atoms with Gasteiger partial charge in [-0.2, -0.15) is 4.73 Å². The summed E-state index contributed by atoms with van der Waals surface area (Å²) >= 11 is 0. The summed E-state index contributed by atoms with van der Waals surface area (Å²) in [5.74, 6) is 11.9. The van der Waals surface area contributed by atoms with Crippen LogP contribution < -0.4 is 10.2 Å². The number of aliphatic hydroxyl groups excluding tert-OH is 1. The monoisotopic (exact) mass is 427 g/mol. The van der Waals surface area contributed by atoms with Crippen molar-refractivity contribution in [3.63, 3.8) is 0 Å². The zero-order valence-electron chi connectivity index (χ0n) is 17.2. The number of pyridine rings is 2. The van der Waals surface area contributed by atoms with Gasteiger partial charge in [0.15, 0.2) is 12.4 Å². The number of hydrogen-bond donors (Lipinski definition) is 3. The summed E-state index contributed by atoms with van der Waals surface area (Å²) in [5, 5.41) is 30.2. The number of hydrogen-bond acceptors (Lipinski definition) is 5. The largest absolute Gasteiger partial charge is 0.619 e. The fourth-order valence-electron chi connectivity index (χ4n) is 3.89. The minimum absolute atomic E-state index is 0.146. The number of aromatic nitrogens is 2. The lowest BCUT2D eigenvalue weighted by Gasteiger charge is -2.08. The Morgan fingerprint density at radius 2 is 2.03 bits per heavy atom. The van der Waals surface area contributed by atoms with Crippen LogP contribution in [0.5, 0.6) is 0 Å². The molecule has 0 radical (unpaired) electrons. The zero-order valence-corrected chi connectivity index (χ0v) is 17.2. The molecule has 1 aliphatic carbocycles. The Hall–Kier alpha value is -3.91. The van der Waals surface area contributed by atoms with Crippen molar-refractivity contribution in [3.05, 3.63) is 65.1 Å². The van der Waals surface area contributed by atoms with Gasteiger partial charge >= 0.3 is 0 Å². The molecule has 0 aliphatic heterocycles. The second-order valence-corrected chi connectivity index (χ2v) is 7.75. The lowest BCUT2D eigenvalue weighted by molar-refractivity contribution is -0.603. The Labute approximate surface area is 185 Å². The average molecular weight is 427 g/mol. The molecule has 1 aromatic carbocycles. The minimum atomic E-state index is -0.724. The van der Waals surface area contributed by atoms with Crippen molar-refractivity contribution >= 4 is 16.8 Å². The maximum atomic E-state index is 12.1. The molecule has 32 heavy (non-hydrogen) atoms. The molecule has 0 spiro atoms. The normalized spacial score (nSPS) is 17.2. The Kier molecular flexibility index (Phi) is 6.32. The number of carbonyl (C=O) groups excluding carboxylic acids is 1. The van der Waals surface area contributed by atoms with Gasteiger partial charge in [0.1, 0.15) is 0 Å². The SMILES string of the molecule is O=C(NO)c1cc(-c2ccc(C#CC#CC3CCC(CO)C3)cc2)nc2cc[n+]([O-])cc12. The van der Waals surface area contributed by atoms with Gasteiger partial charge in [0.05, 0.1) is 22.2 Å². The smallest absolute Gasteiger partial charge is 0.275 e. The van der Waals surface area contributed by atoms with Gasteiger partial charge in [-0.05, 0) is 55.2 Å². The summed E-state index contributed by atoms with van der Waals surface area (Å²) in [6.07, 6.45) is 5.51. The fourth-order valence-corrected chi connectivity index (χ4v) is 3.89. The maximum Gasteiger partial charge on any atom is 0.275 e. The standard InChI is InChI=1S/C25H21N3O4/c29-16-19-6-5-18(13-19)4-2-1-3-17-7-9-20(10-8-17)24-14-21(25(30)27-31)22-15-28(32)12-11-23(22)26-24/h7-12,14-15,18-19,29,31H,5-6,13,16H2,(H,27,30). The minimum Gasteiger partial charge on any atom is -0.619 e. The Morgan fingerprint density at radius 1 is 1.22 bits per heavy atom. The van der Waals surface area contributed by atoms with Crippen molar-refractivity contribution in [2.75, 3.05) is 6.61 Å². The quantitative estimate of drug-likeness (QED) is 0.196. The van der Waals surface area contributed by atoms with E-state index in [4.69, 9.17) is 5.21 Å². The van der Waals surface area contributed by atoms with Crippen molar-refractivity contribution in [3.8, 4) is 34.9 Å². The molecule has 2 aromatic heterocycles. The second-order valence-electron chi connectivity index (χ2n) is 7.75. The van der Waals surface area contributed by atoms with Crippen LogP contribution in [0.2, 0.25) is 0 Å². The highest BCUT2D eigenvalue weighted by Crippen LogP contribution is 2.29. The van der Waals surface area contributed by atoms with Gasteiger partial charge < -0.3 is 10.3 Å². The Morgan fingerprint density at radius 3 is 2.75 bits per heavy atom. The number of hydroxylamine groups is 1. The molecule has 1 fully saturated rings. The van der Waals surface area contributed by atoms with Gasteiger partial charge in [-0.3, -0.25) is 10.0 Å². The van der Waals surface area contributed by atoms with E-state index in [1.165, 1.54) is 24.5 Å². The molecule has 0 bridgehead atoms. The highest BCUT2D eigenvalue weighted by atomic mass is 16.5. The summed E-state index contributed by atoms with van der Waals surface area (Å²) in [4.78, 5) is 16.6. The van der Waals surface area contributed by atoms with Crippen LogP contribution in [0.3, 0.4) is 0 Å². The number of carbonyl (C=O) groups is 1. The van der Waals surface area contributed by atoms with E-state index in [9.17, 15) is 15.1 Å².